The number of anilines is 1. The fraction of sp³-hybridized carbons (Fsp3) is 0.200. The second-order valence-corrected chi connectivity index (χ2v) is 4.45. The van der Waals surface area contributed by atoms with E-state index in [1.807, 2.05) is 13.8 Å². The van der Waals surface area contributed by atoms with Crippen molar-refractivity contribution in [3.05, 3.63) is 58.9 Å². The second-order valence-electron chi connectivity index (χ2n) is 4.45. The number of aromatic hydroxyl groups is 1. The van der Waals surface area contributed by atoms with Gasteiger partial charge in [-0.2, -0.15) is 0 Å². The molecule has 2 rings (SSSR count). The van der Waals surface area contributed by atoms with E-state index >= 15 is 0 Å². The summed E-state index contributed by atoms with van der Waals surface area (Å²) in [6.07, 6.45) is 0. The lowest BCUT2D eigenvalue weighted by Gasteiger charge is -2.10. The SMILES string of the molecule is Cc1ccc(C)c(CNc2ccc(O)c(F)c2)c1. The maximum atomic E-state index is 13.2. The van der Waals surface area contributed by atoms with Crippen LogP contribution in [0, 0.1) is 19.7 Å². The molecule has 0 spiro atoms. The average molecular weight is 245 g/mol. The van der Waals surface area contributed by atoms with Crippen molar-refractivity contribution in [3.63, 3.8) is 0 Å². The molecule has 0 atom stereocenters. The zero-order valence-electron chi connectivity index (χ0n) is 10.5. The summed E-state index contributed by atoms with van der Waals surface area (Å²) in [6, 6.07) is 10.5. The highest BCUT2D eigenvalue weighted by Gasteiger charge is 2.02. The standard InChI is InChI=1S/C15H16FNO/c1-10-3-4-11(2)12(7-10)9-17-13-5-6-15(18)14(16)8-13/h3-8,17-18H,9H2,1-2H3. The number of halogens is 1. The highest BCUT2D eigenvalue weighted by Crippen LogP contribution is 2.20. The molecule has 2 aromatic carbocycles. The first-order valence-electron chi connectivity index (χ1n) is 5.85. The molecular weight excluding hydrogens is 229 g/mol. The first-order chi connectivity index (χ1) is 8.56. The third-order valence-corrected chi connectivity index (χ3v) is 2.94. The van der Waals surface area contributed by atoms with Crippen LogP contribution in [0.3, 0.4) is 0 Å². The molecule has 0 radical (unpaired) electrons. The van der Waals surface area contributed by atoms with Gasteiger partial charge in [0.25, 0.3) is 0 Å². The predicted octanol–water partition coefficient (Wildman–Crippen LogP) is 3.76. The van der Waals surface area contributed by atoms with Crippen LogP contribution >= 0.6 is 0 Å². The Morgan fingerprint density at radius 2 is 1.89 bits per heavy atom. The second kappa shape index (κ2) is 5.08. The Morgan fingerprint density at radius 1 is 1.11 bits per heavy atom. The summed E-state index contributed by atoms with van der Waals surface area (Å²) in [5.41, 5.74) is 4.25. The van der Waals surface area contributed by atoms with Gasteiger partial charge in [0.15, 0.2) is 11.6 Å². The molecule has 0 aliphatic rings. The minimum Gasteiger partial charge on any atom is -0.505 e. The molecule has 0 bridgehead atoms. The normalized spacial score (nSPS) is 10.4. The highest BCUT2D eigenvalue weighted by molar-refractivity contribution is 5.47. The van der Waals surface area contributed by atoms with Gasteiger partial charge in [0.2, 0.25) is 0 Å². The molecule has 0 heterocycles. The summed E-state index contributed by atoms with van der Waals surface area (Å²) in [7, 11) is 0. The van der Waals surface area contributed by atoms with Gasteiger partial charge in [0.05, 0.1) is 0 Å². The van der Waals surface area contributed by atoms with Crippen LogP contribution in [0.25, 0.3) is 0 Å². The number of phenols is 1. The van der Waals surface area contributed by atoms with Crippen LogP contribution in [-0.4, -0.2) is 5.11 Å². The van der Waals surface area contributed by atoms with Gasteiger partial charge in [-0.3, -0.25) is 0 Å². The number of phenolic OH excluding ortho intramolecular Hbond substituents is 1. The highest BCUT2D eigenvalue weighted by atomic mass is 19.1. The van der Waals surface area contributed by atoms with Crippen molar-refractivity contribution in [1.82, 2.24) is 0 Å². The summed E-state index contributed by atoms with van der Waals surface area (Å²) >= 11 is 0. The van der Waals surface area contributed by atoms with Crippen molar-refractivity contribution in [3.8, 4) is 5.75 Å². The summed E-state index contributed by atoms with van der Waals surface area (Å²) < 4.78 is 13.2. The Morgan fingerprint density at radius 3 is 2.61 bits per heavy atom. The van der Waals surface area contributed by atoms with E-state index in [-0.39, 0.29) is 5.75 Å². The lowest BCUT2D eigenvalue weighted by Crippen LogP contribution is -2.02. The molecule has 0 saturated carbocycles. The fourth-order valence-corrected chi connectivity index (χ4v) is 1.80. The van der Waals surface area contributed by atoms with Gasteiger partial charge < -0.3 is 10.4 Å². The van der Waals surface area contributed by atoms with E-state index in [9.17, 15) is 4.39 Å². The van der Waals surface area contributed by atoms with E-state index < -0.39 is 5.82 Å². The third kappa shape index (κ3) is 2.80. The summed E-state index contributed by atoms with van der Waals surface area (Å²) in [4.78, 5) is 0. The van der Waals surface area contributed by atoms with Crippen LogP contribution in [0.2, 0.25) is 0 Å². The Balaban J connectivity index is 2.11. The monoisotopic (exact) mass is 245 g/mol. The van der Waals surface area contributed by atoms with Crippen LogP contribution in [0.1, 0.15) is 16.7 Å². The quantitative estimate of drug-likeness (QED) is 0.807. The van der Waals surface area contributed by atoms with Gasteiger partial charge in [0, 0.05) is 18.3 Å². The van der Waals surface area contributed by atoms with E-state index in [0.717, 1.165) is 0 Å². The zero-order chi connectivity index (χ0) is 13.1. The van der Waals surface area contributed by atoms with E-state index in [1.165, 1.54) is 28.8 Å². The van der Waals surface area contributed by atoms with Gasteiger partial charge >= 0.3 is 0 Å². The van der Waals surface area contributed by atoms with Gasteiger partial charge in [0.1, 0.15) is 0 Å². The number of hydrogen-bond acceptors (Lipinski definition) is 2. The van der Waals surface area contributed by atoms with E-state index in [1.54, 1.807) is 6.07 Å². The molecule has 2 N–H and O–H groups in total. The molecule has 2 nitrogen and oxygen atoms in total. The summed E-state index contributed by atoms with van der Waals surface area (Å²) in [6.45, 7) is 4.73. The maximum absolute atomic E-state index is 13.2. The van der Waals surface area contributed by atoms with Crippen LogP contribution in [0.5, 0.6) is 5.75 Å². The van der Waals surface area contributed by atoms with Crippen molar-refractivity contribution < 1.29 is 9.50 Å². The maximum Gasteiger partial charge on any atom is 0.166 e. The molecule has 94 valence electrons. The van der Waals surface area contributed by atoms with Gasteiger partial charge in [-0.05, 0) is 37.1 Å². The molecule has 0 amide bonds. The van der Waals surface area contributed by atoms with Crippen molar-refractivity contribution in [2.45, 2.75) is 20.4 Å². The van der Waals surface area contributed by atoms with Gasteiger partial charge in [-0.25, -0.2) is 4.39 Å². The fourth-order valence-electron chi connectivity index (χ4n) is 1.80. The van der Waals surface area contributed by atoms with Crippen molar-refractivity contribution in [2.75, 3.05) is 5.32 Å². The van der Waals surface area contributed by atoms with E-state index in [4.69, 9.17) is 5.11 Å². The minimum absolute atomic E-state index is 0.327. The summed E-state index contributed by atoms with van der Waals surface area (Å²) in [5.74, 6) is -0.937. The molecule has 2 aromatic rings. The van der Waals surface area contributed by atoms with Gasteiger partial charge in [-0.15, -0.1) is 0 Å². The van der Waals surface area contributed by atoms with Crippen LogP contribution in [0.15, 0.2) is 36.4 Å². The molecule has 18 heavy (non-hydrogen) atoms. The Hall–Kier alpha value is -2.03. The molecule has 0 aliphatic heterocycles. The number of aryl methyl sites for hydroxylation is 2. The number of nitrogens with one attached hydrogen (secondary N) is 1. The molecule has 3 heteroatoms. The Kier molecular flexibility index (Phi) is 3.51. The summed E-state index contributed by atoms with van der Waals surface area (Å²) in [5, 5.41) is 12.3. The number of rotatable bonds is 3. The predicted molar refractivity (Wildman–Crippen MR) is 71.3 cm³/mol. The topological polar surface area (TPSA) is 32.3 Å². The number of hydrogen-bond donors (Lipinski definition) is 2. The molecule has 0 aromatic heterocycles. The van der Waals surface area contributed by atoms with Crippen molar-refractivity contribution in [1.29, 1.82) is 0 Å². The van der Waals surface area contributed by atoms with E-state index in [2.05, 4.69) is 23.5 Å². The lowest BCUT2D eigenvalue weighted by molar-refractivity contribution is 0.432. The van der Waals surface area contributed by atoms with Gasteiger partial charge in [-0.1, -0.05) is 23.8 Å². The first kappa shape index (κ1) is 12.4. The lowest BCUT2D eigenvalue weighted by atomic mass is 10.1. The minimum atomic E-state index is -0.610. The molecular formula is C15H16FNO. The van der Waals surface area contributed by atoms with Crippen LogP contribution < -0.4 is 5.32 Å². The van der Waals surface area contributed by atoms with Crippen LogP contribution in [-0.2, 0) is 6.54 Å². The molecule has 0 saturated heterocycles. The molecule has 0 unspecified atom stereocenters. The smallest absolute Gasteiger partial charge is 0.166 e. The zero-order valence-corrected chi connectivity index (χ0v) is 10.5. The van der Waals surface area contributed by atoms with Crippen LogP contribution in [0.4, 0.5) is 10.1 Å². The van der Waals surface area contributed by atoms with Crippen molar-refractivity contribution in [2.24, 2.45) is 0 Å². The Labute approximate surface area is 106 Å². The largest absolute Gasteiger partial charge is 0.505 e. The van der Waals surface area contributed by atoms with E-state index in [0.29, 0.717) is 12.2 Å². The molecule has 0 aliphatic carbocycles. The third-order valence-electron chi connectivity index (χ3n) is 2.94. The number of benzene rings is 2. The Bertz CT molecular complexity index is 566. The average Bonchev–Trinajstić information content (AvgIpc) is 2.34. The van der Waals surface area contributed by atoms with Crippen molar-refractivity contribution >= 4 is 5.69 Å². The molecule has 0 fully saturated rings. The first-order valence-corrected chi connectivity index (χ1v) is 5.85.